The van der Waals surface area contributed by atoms with Crippen molar-refractivity contribution in [2.45, 2.75) is 11.1 Å². The average molecular weight is 308 g/mol. The first kappa shape index (κ1) is 15.5. The standard InChI is InChI=1S/C9H12N2O6S2/c1-3-17-6(12)4-11-19(14,15)9-7(8(13)16-2)10-5-18-9/h5,11H,3-4H2,1-2H3. The molecule has 1 rings (SSSR count). The maximum Gasteiger partial charge on any atom is 0.358 e. The molecular formula is C9H12N2O6S2. The number of nitrogens with zero attached hydrogens (tertiary/aromatic N) is 1. The van der Waals surface area contributed by atoms with Crippen LogP contribution in [0.2, 0.25) is 0 Å². The molecule has 1 N–H and O–H groups in total. The fraction of sp³-hybridized carbons (Fsp3) is 0.444. The highest BCUT2D eigenvalue weighted by molar-refractivity contribution is 7.91. The fourth-order valence-corrected chi connectivity index (χ4v) is 3.23. The Labute approximate surface area is 113 Å². The first-order valence-corrected chi connectivity index (χ1v) is 7.45. The Morgan fingerprint density at radius 1 is 1.47 bits per heavy atom. The number of thiazole rings is 1. The van der Waals surface area contributed by atoms with Crippen molar-refractivity contribution >= 4 is 33.3 Å². The van der Waals surface area contributed by atoms with Crippen molar-refractivity contribution < 1.29 is 27.5 Å². The molecule has 1 aromatic heterocycles. The van der Waals surface area contributed by atoms with E-state index in [0.717, 1.165) is 18.4 Å². The van der Waals surface area contributed by atoms with Crippen molar-refractivity contribution in [3.05, 3.63) is 11.2 Å². The van der Waals surface area contributed by atoms with Crippen molar-refractivity contribution in [2.75, 3.05) is 20.3 Å². The smallest absolute Gasteiger partial charge is 0.358 e. The summed E-state index contributed by atoms with van der Waals surface area (Å²) in [4.78, 5) is 26.0. The van der Waals surface area contributed by atoms with Gasteiger partial charge in [-0.3, -0.25) is 4.79 Å². The van der Waals surface area contributed by atoms with E-state index < -0.39 is 28.5 Å². The molecule has 0 aromatic carbocycles. The van der Waals surface area contributed by atoms with Gasteiger partial charge in [0.05, 0.1) is 19.2 Å². The van der Waals surface area contributed by atoms with Crippen LogP contribution in [0, 0.1) is 0 Å². The van der Waals surface area contributed by atoms with E-state index in [1.807, 2.05) is 4.72 Å². The quantitative estimate of drug-likeness (QED) is 0.722. The predicted octanol–water partition coefficient (Wildman–Crippen LogP) is -0.229. The lowest BCUT2D eigenvalue weighted by atomic mass is 10.5. The van der Waals surface area contributed by atoms with Crippen molar-refractivity contribution in [3.8, 4) is 0 Å². The summed E-state index contributed by atoms with van der Waals surface area (Å²) in [6.45, 7) is 1.23. The normalized spacial score (nSPS) is 11.1. The van der Waals surface area contributed by atoms with E-state index in [1.165, 1.54) is 5.51 Å². The Kier molecular flexibility index (Phi) is 5.39. The van der Waals surface area contributed by atoms with Crippen LogP contribution in [0.3, 0.4) is 0 Å². The van der Waals surface area contributed by atoms with Gasteiger partial charge in [-0.2, -0.15) is 4.72 Å². The van der Waals surface area contributed by atoms with Gasteiger partial charge in [-0.1, -0.05) is 0 Å². The third-order valence-corrected chi connectivity index (χ3v) is 4.64. The molecule has 0 bridgehead atoms. The number of hydrogen-bond donors (Lipinski definition) is 1. The van der Waals surface area contributed by atoms with Gasteiger partial charge in [0.1, 0.15) is 6.54 Å². The lowest BCUT2D eigenvalue weighted by Crippen LogP contribution is -2.31. The number of carbonyl (C=O) groups excluding carboxylic acids is 2. The van der Waals surface area contributed by atoms with Crippen LogP contribution in [0.15, 0.2) is 9.72 Å². The Bertz CT molecular complexity index is 565. The van der Waals surface area contributed by atoms with Crippen LogP contribution in [0.5, 0.6) is 0 Å². The van der Waals surface area contributed by atoms with Crippen LogP contribution in [0.1, 0.15) is 17.4 Å². The van der Waals surface area contributed by atoms with E-state index in [-0.39, 0.29) is 16.5 Å². The van der Waals surface area contributed by atoms with E-state index >= 15 is 0 Å². The lowest BCUT2D eigenvalue weighted by molar-refractivity contribution is -0.141. The number of ether oxygens (including phenoxy) is 2. The number of methoxy groups -OCH3 is 1. The van der Waals surface area contributed by atoms with Crippen molar-refractivity contribution in [3.63, 3.8) is 0 Å². The number of sulfonamides is 1. The predicted molar refractivity (Wildman–Crippen MR) is 65.3 cm³/mol. The molecule has 19 heavy (non-hydrogen) atoms. The summed E-state index contributed by atoms with van der Waals surface area (Å²) < 4.78 is 34.5. The average Bonchev–Trinajstić information content (AvgIpc) is 2.86. The molecule has 106 valence electrons. The molecule has 0 atom stereocenters. The third-order valence-electron chi connectivity index (χ3n) is 1.87. The third kappa shape index (κ3) is 3.98. The zero-order valence-corrected chi connectivity index (χ0v) is 11.8. The highest BCUT2D eigenvalue weighted by Crippen LogP contribution is 2.20. The van der Waals surface area contributed by atoms with Gasteiger partial charge in [0.2, 0.25) is 0 Å². The van der Waals surface area contributed by atoms with Gasteiger partial charge in [-0.15, -0.1) is 11.3 Å². The van der Waals surface area contributed by atoms with Crippen LogP contribution in [0.25, 0.3) is 0 Å². The maximum atomic E-state index is 11.9. The summed E-state index contributed by atoms with van der Waals surface area (Å²) in [5.74, 6) is -1.58. The lowest BCUT2D eigenvalue weighted by Gasteiger charge is -2.05. The topological polar surface area (TPSA) is 112 Å². The maximum absolute atomic E-state index is 11.9. The second-order valence-electron chi connectivity index (χ2n) is 3.11. The van der Waals surface area contributed by atoms with E-state index in [2.05, 4.69) is 14.5 Å². The first-order valence-electron chi connectivity index (χ1n) is 5.09. The number of esters is 2. The zero-order valence-electron chi connectivity index (χ0n) is 10.2. The molecule has 0 radical (unpaired) electrons. The van der Waals surface area contributed by atoms with E-state index in [4.69, 9.17) is 0 Å². The molecule has 0 amide bonds. The van der Waals surface area contributed by atoms with Crippen LogP contribution >= 0.6 is 11.3 Å². The zero-order chi connectivity index (χ0) is 14.5. The minimum Gasteiger partial charge on any atom is -0.465 e. The Balaban J connectivity index is 2.86. The monoisotopic (exact) mass is 308 g/mol. The molecule has 0 saturated carbocycles. The molecule has 0 saturated heterocycles. The molecule has 0 fully saturated rings. The highest BCUT2D eigenvalue weighted by Gasteiger charge is 2.26. The summed E-state index contributed by atoms with van der Waals surface area (Å²) in [6, 6.07) is 0. The Morgan fingerprint density at radius 3 is 2.74 bits per heavy atom. The second-order valence-corrected chi connectivity index (χ2v) is 5.93. The molecule has 10 heteroatoms. The number of nitrogens with one attached hydrogen (secondary N) is 1. The van der Waals surface area contributed by atoms with Gasteiger partial charge in [0, 0.05) is 0 Å². The molecule has 0 unspecified atom stereocenters. The summed E-state index contributed by atoms with van der Waals surface area (Å²) in [5.41, 5.74) is 0.884. The molecule has 0 aliphatic heterocycles. The SMILES string of the molecule is CCOC(=O)CNS(=O)(=O)c1scnc1C(=O)OC. The van der Waals surface area contributed by atoms with E-state index in [9.17, 15) is 18.0 Å². The Morgan fingerprint density at radius 2 is 2.16 bits per heavy atom. The molecule has 0 aliphatic carbocycles. The Hall–Kier alpha value is -1.52. The number of hydrogen-bond acceptors (Lipinski definition) is 8. The summed E-state index contributed by atoms with van der Waals surface area (Å²) in [7, 11) is -2.90. The number of rotatable bonds is 6. The van der Waals surface area contributed by atoms with Crippen LogP contribution in [0.4, 0.5) is 0 Å². The van der Waals surface area contributed by atoms with Crippen LogP contribution in [-0.4, -0.2) is 45.6 Å². The number of carbonyl (C=O) groups is 2. The summed E-state index contributed by atoms with van der Waals surface area (Å²) >= 11 is 0.751. The van der Waals surface area contributed by atoms with Gasteiger partial charge >= 0.3 is 11.9 Å². The second kappa shape index (κ2) is 6.59. The van der Waals surface area contributed by atoms with Gasteiger partial charge in [-0.05, 0) is 6.92 Å². The van der Waals surface area contributed by atoms with Gasteiger partial charge in [0.15, 0.2) is 9.90 Å². The molecule has 1 heterocycles. The van der Waals surface area contributed by atoms with E-state index in [0.29, 0.717) is 0 Å². The summed E-state index contributed by atoms with van der Waals surface area (Å²) in [5, 5.41) is 0. The molecule has 1 aromatic rings. The van der Waals surface area contributed by atoms with Crippen LogP contribution in [-0.2, 0) is 24.3 Å². The minimum atomic E-state index is -4.01. The summed E-state index contributed by atoms with van der Waals surface area (Å²) in [6.07, 6.45) is 0. The molecule has 8 nitrogen and oxygen atoms in total. The van der Waals surface area contributed by atoms with Gasteiger partial charge in [0.25, 0.3) is 10.0 Å². The first-order chi connectivity index (χ1) is 8.92. The largest absolute Gasteiger partial charge is 0.465 e. The van der Waals surface area contributed by atoms with Gasteiger partial charge in [-0.25, -0.2) is 18.2 Å². The van der Waals surface area contributed by atoms with Crippen LogP contribution < -0.4 is 4.72 Å². The van der Waals surface area contributed by atoms with Crippen molar-refractivity contribution in [2.24, 2.45) is 0 Å². The number of aromatic nitrogens is 1. The molecule has 0 aliphatic rings. The van der Waals surface area contributed by atoms with E-state index in [1.54, 1.807) is 6.92 Å². The highest BCUT2D eigenvalue weighted by atomic mass is 32.2. The van der Waals surface area contributed by atoms with Crippen molar-refractivity contribution in [1.82, 2.24) is 9.71 Å². The molecular weight excluding hydrogens is 296 g/mol. The molecule has 0 spiro atoms. The van der Waals surface area contributed by atoms with Crippen molar-refractivity contribution in [1.29, 1.82) is 0 Å². The fourth-order valence-electron chi connectivity index (χ4n) is 1.09. The van der Waals surface area contributed by atoms with Gasteiger partial charge < -0.3 is 9.47 Å². The minimum absolute atomic E-state index is 0.147.